The van der Waals surface area contributed by atoms with Crippen LogP contribution in [0.25, 0.3) is 0 Å². The van der Waals surface area contributed by atoms with Gasteiger partial charge in [0.2, 0.25) is 0 Å². The molecular weight excluding hydrogens is 316 g/mol. The van der Waals surface area contributed by atoms with Crippen molar-refractivity contribution in [1.82, 2.24) is 5.32 Å². The zero-order chi connectivity index (χ0) is 19.0. The third kappa shape index (κ3) is 23.9. The number of nitrogens with one attached hydrogen (secondary N) is 1. The number of hydrogen-bond donors (Lipinski definition) is 2. The van der Waals surface area contributed by atoms with Crippen molar-refractivity contribution in [2.45, 2.75) is 135 Å². The van der Waals surface area contributed by atoms with Crippen LogP contribution in [0.5, 0.6) is 0 Å². The molecule has 26 heavy (non-hydrogen) atoms. The van der Waals surface area contributed by atoms with Crippen LogP contribution in [0.1, 0.15) is 135 Å². The van der Waals surface area contributed by atoms with Gasteiger partial charge in [-0.15, -0.1) is 0 Å². The molecule has 0 saturated heterocycles. The molecule has 0 aliphatic heterocycles. The molecule has 0 rings (SSSR count). The van der Waals surface area contributed by atoms with Gasteiger partial charge in [0, 0.05) is 0 Å². The third-order valence-corrected chi connectivity index (χ3v) is 5.51. The molecule has 0 aromatic heterocycles. The van der Waals surface area contributed by atoms with Crippen LogP contribution in [-0.4, -0.2) is 19.6 Å². The van der Waals surface area contributed by atoms with Gasteiger partial charge in [0.25, 0.3) is 0 Å². The van der Waals surface area contributed by atoms with E-state index in [2.05, 4.69) is 12.2 Å². The maximum absolute atomic E-state index is 5.48. The van der Waals surface area contributed by atoms with Gasteiger partial charge in [-0.05, 0) is 32.5 Å². The average Bonchev–Trinajstić information content (AvgIpc) is 2.66. The topological polar surface area (TPSA) is 38.0 Å². The molecule has 0 bridgehead atoms. The molecule has 0 atom stereocenters. The van der Waals surface area contributed by atoms with Crippen LogP contribution in [-0.2, 0) is 0 Å². The quantitative estimate of drug-likeness (QED) is 0.185. The van der Waals surface area contributed by atoms with Gasteiger partial charge in [-0.1, -0.05) is 122 Å². The Labute approximate surface area is 166 Å². The van der Waals surface area contributed by atoms with Crippen molar-refractivity contribution >= 4 is 0 Å². The van der Waals surface area contributed by atoms with Crippen LogP contribution < -0.4 is 11.1 Å². The van der Waals surface area contributed by atoms with Crippen LogP contribution in [0.4, 0.5) is 0 Å². The van der Waals surface area contributed by atoms with Crippen molar-refractivity contribution < 1.29 is 0 Å². The standard InChI is InChI=1S/C24H52N2/c1-2-3-4-5-6-7-8-9-10-11-12-13-14-15-16-17-18-19-20-23-26-24-21-22-25/h26H,2-25H2,1H3. The Morgan fingerprint density at radius 3 is 1.08 bits per heavy atom. The summed E-state index contributed by atoms with van der Waals surface area (Å²) < 4.78 is 0. The number of nitrogens with two attached hydrogens (primary N) is 1. The van der Waals surface area contributed by atoms with E-state index in [4.69, 9.17) is 5.73 Å². The molecule has 158 valence electrons. The monoisotopic (exact) mass is 368 g/mol. The number of rotatable bonds is 23. The molecule has 2 nitrogen and oxygen atoms in total. The molecule has 3 N–H and O–H groups in total. The highest BCUT2D eigenvalue weighted by molar-refractivity contribution is 4.52. The van der Waals surface area contributed by atoms with E-state index in [0.717, 1.165) is 19.5 Å². The van der Waals surface area contributed by atoms with Gasteiger partial charge in [-0.25, -0.2) is 0 Å². The Balaban J connectivity index is 2.95. The van der Waals surface area contributed by atoms with Crippen molar-refractivity contribution in [2.24, 2.45) is 5.73 Å². The highest BCUT2D eigenvalue weighted by atomic mass is 14.8. The van der Waals surface area contributed by atoms with E-state index in [1.54, 1.807) is 0 Å². The minimum absolute atomic E-state index is 0.812. The third-order valence-electron chi connectivity index (χ3n) is 5.51. The van der Waals surface area contributed by atoms with Gasteiger partial charge < -0.3 is 11.1 Å². The Morgan fingerprint density at radius 2 is 0.731 bits per heavy atom. The molecule has 0 aromatic rings. The fourth-order valence-corrected chi connectivity index (χ4v) is 3.68. The first-order valence-corrected chi connectivity index (χ1v) is 12.3. The zero-order valence-corrected chi connectivity index (χ0v) is 18.3. The molecule has 0 amide bonds. The molecule has 0 radical (unpaired) electrons. The lowest BCUT2D eigenvalue weighted by Crippen LogP contribution is -2.19. The Kier molecular flexibility index (Phi) is 24.8. The molecule has 0 unspecified atom stereocenters. The first-order valence-electron chi connectivity index (χ1n) is 12.3. The van der Waals surface area contributed by atoms with Crippen LogP contribution in [0, 0.1) is 0 Å². The van der Waals surface area contributed by atoms with Crippen molar-refractivity contribution in [2.75, 3.05) is 19.6 Å². The molecule has 0 heterocycles. The van der Waals surface area contributed by atoms with Crippen LogP contribution >= 0.6 is 0 Å². The first-order chi connectivity index (χ1) is 12.9. The van der Waals surface area contributed by atoms with E-state index in [1.165, 1.54) is 129 Å². The summed E-state index contributed by atoms with van der Waals surface area (Å²) in [4.78, 5) is 0. The fraction of sp³-hybridized carbons (Fsp3) is 1.00. The lowest BCUT2D eigenvalue weighted by atomic mass is 10.0. The second-order valence-corrected chi connectivity index (χ2v) is 8.26. The van der Waals surface area contributed by atoms with Crippen molar-refractivity contribution in [1.29, 1.82) is 0 Å². The summed E-state index contributed by atoms with van der Waals surface area (Å²) in [5.74, 6) is 0. The molecule has 2 heteroatoms. The van der Waals surface area contributed by atoms with Crippen LogP contribution in [0.3, 0.4) is 0 Å². The number of unbranched alkanes of at least 4 members (excludes halogenated alkanes) is 18. The van der Waals surface area contributed by atoms with E-state index in [0.29, 0.717) is 0 Å². The molecule has 0 saturated carbocycles. The van der Waals surface area contributed by atoms with Gasteiger partial charge in [0.1, 0.15) is 0 Å². The van der Waals surface area contributed by atoms with Gasteiger partial charge in [0.05, 0.1) is 0 Å². The summed E-state index contributed by atoms with van der Waals surface area (Å²) in [6, 6.07) is 0. The Morgan fingerprint density at radius 1 is 0.423 bits per heavy atom. The van der Waals surface area contributed by atoms with E-state index < -0.39 is 0 Å². The predicted octanol–water partition coefficient (Wildman–Crippen LogP) is 7.36. The summed E-state index contributed by atoms with van der Waals surface area (Å²) >= 11 is 0. The molecule has 0 aliphatic rings. The smallest absolute Gasteiger partial charge is 0.00369 e. The summed E-state index contributed by atoms with van der Waals surface area (Å²) in [5, 5.41) is 3.46. The molecular formula is C24H52N2. The van der Waals surface area contributed by atoms with Gasteiger partial charge >= 0.3 is 0 Å². The van der Waals surface area contributed by atoms with Crippen molar-refractivity contribution in [3.8, 4) is 0 Å². The van der Waals surface area contributed by atoms with E-state index >= 15 is 0 Å². The first kappa shape index (κ1) is 25.9. The fourth-order valence-electron chi connectivity index (χ4n) is 3.68. The minimum Gasteiger partial charge on any atom is -0.330 e. The van der Waals surface area contributed by atoms with E-state index in [1.807, 2.05) is 0 Å². The lowest BCUT2D eigenvalue weighted by Gasteiger charge is -2.05. The molecule has 0 fully saturated rings. The van der Waals surface area contributed by atoms with Crippen molar-refractivity contribution in [3.05, 3.63) is 0 Å². The lowest BCUT2D eigenvalue weighted by molar-refractivity contribution is 0.520. The second-order valence-electron chi connectivity index (χ2n) is 8.26. The largest absolute Gasteiger partial charge is 0.330 e. The summed E-state index contributed by atoms with van der Waals surface area (Å²) in [6.07, 6.45) is 28.7. The Bertz CT molecular complexity index is 206. The normalized spacial score (nSPS) is 11.3. The zero-order valence-electron chi connectivity index (χ0n) is 18.3. The maximum atomic E-state index is 5.48. The van der Waals surface area contributed by atoms with Crippen molar-refractivity contribution in [3.63, 3.8) is 0 Å². The number of hydrogen-bond acceptors (Lipinski definition) is 2. The molecule has 0 spiro atoms. The average molecular weight is 369 g/mol. The second kappa shape index (κ2) is 24.9. The SMILES string of the molecule is CCCCCCCCCCCCCCCCCCCCCNCCCN. The molecule has 0 aliphatic carbocycles. The highest BCUT2D eigenvalue weighted by Gasteiger charge is 1.95. The summed E-state index contributed by atoms with van der Waals surface area (Å²) in [7, 11) is 0. The Hall–Kier alpha value is -0.0800. The summed E-state index contributed by atoms with van der Waals surface area (Å²) in [5.41, 5.74) is 5.48. The highest BCUT2D eigenvalue weighted by Crippen LogP contribution is 2.14. The van der Waals surface area contributed by atoms with Crippen LogP contribution in [0.2, 0.25) is 0 Å². The minimum atomic E-state index is 0.812. The predicted molar refractivity (Wildman–Crippen MR) is 120 cm³/mol. The van der Waals surface area contributed by atoms with Gasteiger partial charge in [0.15, 0.2) is 0 Å². The molecule has 0 aromatic carbocycles. The van der Waals surface area contributed by atoms with E-state index in [-0.39, 0.29) is 0 Å². The maximum Gasteiger partial charge on any atom is -0.00369 e. The summed E-state index contributed by atoms with van der Waals surface area (Å²) in [6.45, 7) is 5.38. The van der Waals surface area contributed by atoms with E-state index in [9.17, 15) is 0 Å². The van der Waals surface area contributed by atoms with Crippen LogP contribution in [0.15, 0.2) is 0 Å². The van der Waals surface area contributed by atoms with Gasteiger partial charge in [-0.3, -0.25) is 0 Å². The van der Waals surface area contributed by atoms with Gasteiger partial charge in [-0.2, -0.15) is 0 Å².